The van der Waals surface area contributed by atoms with E-state index in [1.54, 1.807) is 12.1 Å². The predicted octanol–water partition coefficient (Wildman–Crippen LogP) is 4.07. The van der Waals surface area contributed by atoms with E-state index < -0.39 is 11.5 Å². The van der Waals surface area contributed by atoms with Gasteiger partial charge in [-0.05, 0) is 34.5 Å². The fourth-order valence-electron chi connectivity index (χ4n) is 2.36. The van der Waals surface area contributed by atoms with Gasteiger partial charge >= 0.3 is 0 Å². The van der Waals surface area contributed by atoms with Crippen LogP contribution in [-0.4, -0.2) is 22.5 Å². The second kappa shape index (κ2) is 7.97. The molecular formula is C16H18Br2N2O3. The largest absolute Gasteiger partial charge is 0.506 e. The molecule has 0 radical (unpaired) electrons. The molecule has 7 heteroatoms. The molecule has 3 N–H and O–H groups in total. The number of unbranched alkanes of at least 4 members (excludes halogenated alkanes) is 3. The summed E-state index contributed by atoms with van der Waals surface area (Å²) in [6.07, 6.45) is 4.10. The molecule has 124 valence electrons. The molecule has 0 atom stereocenters. The molecule has 2 rings (SSSR count). The molecular weight excluding hydrogens is 428 g/mol. The van der Waals surface area contributed by atoms with Crippen LogP contribution >= 0.6 is 31.9 Å². The third-order valence-electron chi connectivity index (χ3n) is 3.56. The van der Waals surface area contributed by atoms with E-state index in [0.29, 0.717) is 21.9 Å². The minimum atomic E-state index is -0.607. The van der Waals surface area contributed by atoms with E-state index in [1.807, 2.05) is 0 Å². The van der Waals surface area contributed by atoms with Gasteiger partial charge in [-0.3, -0.25) is 9.59 Å². The van der Waals surface area contributed by atoms with Crippen molar-refractivity contribution in [3.63, 3.8) is 0 Å². The SMILES string of the molecule is CCCCCCNC(=O)c1c(O)c2cc(Br)cc(Br)c2[nH]c1=O. The first kappa shape index (κ1) is 18.0. The van der Waals surface area contributed by atoms with Crippen LogP contribution in [0.5, 0.6) is 5.75 Å². The van der Waals surface area contributed by atoms with Gasteiger partial charge in [0.2, 0.25) is 0 Å². The lowest BCUT2D eigenvalue weighted by Gasteiger charge is -2.10. The average molecular weight is 446 g/mol. The lowest BCUT2D eigenvalue weighted by atomic mass is 10.1. The predicted molar refractivity (Wildman–Crippen MR) is 98.1 cm³/mol. The van der Waals surface area contributed by atoms with E-state index >= 15 is 0 Å². The summed E-state index contributed by atoms with van der Waals surface area (Å²) in [5.74, 6) is -0.866. The topological polar surface area (TPSA) is 82.2 Å². The standard InChI is InChI=1S/C16H18Br2N2O3/c1-2-3-4-5-6-19-15(22)12-14(21)10-7-9(17)8-11(18)13(10)20-16(12)23/h7-8H,2-6H2,1H3,(H,19,22)(H2,20,21,23). The number of H-pyrrole nitrogens is 1. The number of amides is 1. The second-order valence-corrected chi connectivity index (χ2v) is 7.07. The number of aromatic nitrogens is 1. The van der Waals surface area contributed by atoms with Crippen molar-refractivity contribution >= 4 is 48.7 Å². The highest BCUT2D eigenvalue weighted by Crippen LogP contribution is 2.32. The Morgan fingerprint density at radius 2 is 2.00 bits per heavy atom. The number of nitrogens with one attached hydrogen (secondary N) is 2. The average Bonchev–Trinajstić information content (AvgIpc) is 2.48. The fraction of sp³-hybridized carbons (Fsp3) is 0.375. The second-order valence-electron chi connectivity index (χ2n) is 5.30. The first-order valence-electron chi connectivity index (χ1n) is 7.48. The molecule has 0 saturated carbocycles. The Bertz CT molecular complexity index is 787. The zero-order valence-corrected chi connectivity index (χ0v) is 15.9. The van der Waals surface area contributed by atoms with Crippen molar-refractivity contribution in [3.05, 3.63) is 37.0 Å². The molecule has 0 saturated heterocycles. The van der Waals surface area contributed by atoms with Crippen molar-refractivity contribution in [2.24, 2.45) is 0 Å². The zero-order chi connectivity index (χ0) is 17.0. The number of hydrogen-bond donors (Lipinski definition) is 3. The highest BCUT2D eigenvalue weighted by atomic mass is 79.9. The molecule has 0 unspecified atom stereocenters. The maximum atomic E-state index is 12.2. The van der Waals surface area contributed by atoms with Crippen LogP contribution in [0.25, 0.3) is 10.9 Å². The maximum Gasteiger partial charge on any atom is 0.265 e. The summed E-state index contributed by atoms with van der Waals surface area (Å²) in [6.45, 7) is 2.60. The maximum absolute atomic E-state index is 12.2. The van der Waals surface area contributed by atoms with Crippen LogP contribution in [0.4, 0.5) is 0 Å². The Kier molecular flexibility index (Phi) is 6.24. The zero-order valence-electron chi connectivity index (χ0n) is 12.7. The first-order valence-corrected chi connectivity index (χ1v) is 9.06. The van der Waals surface area contributed by atoms with E-state index in [-0.39, 0.29) is 11.3 Å². The summed E-state index contributed by atoms with van der Waals surface area (Å²) >= 11 is 6.66. The molecule has 0 fully saturated rings. The highest BCUT2D eigenvalue weighted by Gasteiger charge is 2.20. The van der Waals surface area contributed by atoms with Gasteiger partial charge in [-0.1, -0.05) is 42.1 Å². The smallest absolute Gasteiger partial charge is 0.265 e. The van der Waals surface area contributed by atoms with Crippen LogP contribution in [0.1, 0.15) is 43.0 Å². The Balaban J connectivity index is 2.30. The van der Waals surface area contributed by atoms with Crippen LogP contribution in [0, 0.1) is 0 Å². The molecule has 23 heavy (non-hydrogen) atoms. The number of aromatic amines is 1. The van der Waals surface area contributed by atoms with E-state index in [1.165, 1.54) is 0 Å². The Morgan fingerprint density at radius 1 is 1.26 bits per heavy atom. The lowest BCUT2D eigenvalue weighted by molar-refractivity contribution is 0.0949. The number of benzene rings is 1. The van der Waals surface area contributed by atoms with Gasteiger partial charge in [0.25, 0.3) is 11.5 Å². The molecule has 1 aromatic carbocycles. The number of aromatic hydroxyl groups is 1. The van der Waals surface area contributed by atoms with Crippen LogP contribution in [0.15, 0.2) is 25.9 Å². The van der Waals surface area contributed by atoms with Gasteiger partial charge in [-0.25, -0.2) is 0 Å². The molecule has 5 nitrogen and oxygen atoms in total. The van der Waals surface area contributed by atoms with E-state index in [2.05, 4.69) is 49.1 Å². The summed E-state index contributed by atoms with van der Waals surface area (Å²) in [6, 6.07) is 3.41. The molecule has 0 aliphatic heterocycles. The quantitative estimate of drug-likeness (QED) is 0.586. The molecule has 0 bridgehead atoms. The van der Waals surface area contributed by atoms with Gasteiger partial charge in [0.1, 0.15) is 11.3 Å². The Labute approximate surface area is 150 Å². The highest BCUT2D eigenvalue weighted by molar-refractivity contribution is 9.11. The molecule has 0 aliphatic rings. The minimum Gasteiger partial charge on any atom is -0.506 e. The van der Waals surface area contributed by atoms with Crippen molar-refractivity contribution in [3.8, 4) is 5.75 Å². The van der Waals surface area contributed by atoms with Gasteiger partial charge < -0.3 is 15.4 Å². The van der Waals surface area contributed by atoms with Crippen molar-refractivity contribution in [1.29, 1.82) is 0 Å². The molecule has 1 aromatic heterocycles. The number of carbonyl (C=O) groups is 1. The van der Waals surface area contributed by atoms with Crippen molar-refractivity contribution < 1.29 is 9.90 Å². The summed E-state index contributed by atoms with van der Waals surface area (Å²) in [5, 5.41) is 13.5. The monoisotopic (exact) mass is 444 g/mol. The fourth-order valence-corrected chi connectivity index (χ4v) is 3.68. The summed E-state index contributed by atoms with van der Waals surface area (Å²) in [4.78, 5) is 27.0. The normalized spacial score (nSPS) is 10.9. The van der Waals surface area contributed by atoms with Crippen LogP contribution in [-0.2, 0) is 0 Å². The van der Waals surface area contributed by atoms with Gasteiger partial charge in [0, 0.05) is 20.9 Å². The lowest BCUT2D eigenvalue weighted by Crippen LogP contribution is -2.30. The van der Waals surface area contributed by atoms with Gasteiger partial charge in [-0.15, -0.1) is 0 Å². The summed E-state index contributed by atoms with van der Waals surface area (Å²) in [5.41, 5.74) is -0.405. The Hall–Kier alpha value is -1.34. The van der Waals surface area contributed by atoms with Crippen molar-refractivity contribution in [1.82, 2.24) is 10.3 Å². The van der Waals surface area contributed by atoms with E-state index in [9.17, 15) is 14.7 Å². The van der Waals surface area contributed by atoms with Crippen LogP contribution in [0.2, 0.25) is 0 Å². The number of carbonyl (C=O) groups excluding carboxylic acids is 1. The van der Waals surface area contributed by atoms with Gasteiger partial charge in [0.15, 0.2) is 0 Å². The van der Waals surface area contributed by atoms with Gasteiger partial charge in [-0.2, -0.15) is 0 Å². The minimum absolute atomic E-state index is 0.252. The van der Waals surface area contributed by atoms with E-state index in [4.69, 9.17) is 0 Å². The number of halogens is 2. The third-order valence-corrected chi connectivity index (χ3v) is 4.64. The number of pyridine rings is 1. The molecule has 1 amide bonds. The molecule has 0 spiro atoms. The van der Waals surface area contributed by atoms with E-state index in [0.717, 1.165) is 30.2 Å². The summed E-state index contributed by atoms with van der Waals surface area (Å²) in [7, 11) is 0. The molecule has 2 aromatic rings. The third kappa shape index (κ3) is 4.14. The van der Waals surface area contributed by atoms with Crippen molar-refractivity contribution in [2.75, 3.05) is 6.54 Å². The number of hydrogen-bond acceptors (Lipinski definition) is 3. The van der Waals surface area contributed by atoms with Crippen LogP contribution in [0.3, 0.4) is 0 Å². The van der Waals surface area contributed by atoms with Crippen LogP contribution < -0.4 is 10.9 Å². The summed E-state index contributed by atoms with van der Waals surface area (Å²) < 4.78 is 1.35. The van der Waals surface area contributed by atoms with Gasteiger partial charge in [0.05, 0.1) is 5.52 Å². The van der Waals surface area contributed by atoms with Crippen molar-refractivity contribution in [2.45, 2.75) is 32.6 Å². The molecule has 0 aliphatic carbocycles. The number of rotatable bonds is 6. The number of fused-ring (bicyclic) bond motifs is 1. The first-order chi connectivity index (χ1) is 11.0. The molecule has 1 heterocycles. The Morgan fingerprint density at radius 3 is 2.70 bits per heavy atom.